The van der Waals surface area contributed by atoms with Crippen molar-refractivity contribution in [2.24, 2.45) is 0 Å². The van der Waals surface area contributed by atoms with Gasteiger partial charge in [0.15, 0.2) is 0 Å². The van der Waals surface area contributed by atoms with Gasteiger partial charge in [-0.25, -0.2) is 0 Å². The minimum Gasteiger partial charge on any atom is -0.547 e. The van der Waals surface area contributed by atoms with E-state index in [0.29, 0.717) is 0 Å². The van der Waals surface area contributed by atoms with Gasteiger partial charge in [-0.15, -0.1) is 0 Å². The van der Waals surface area contributed by atoms with Gasteiger partial charge in [0.1, 0.15) is 61.0 Å². The molecule has 0 aromatic rings. The largest absolute Gasteiger partial charge is 2.00 e. The van der Waals surface area contributed by atoms with Gasteiger partial charge < -0.3 is 81.1 Å². The Balaban J connectivity index is -0.000000490. The number of aliphatic carboxylic acids is 2. The van der Waals surface area contributed by atoms with Crippen LogP contribution >= 0.6 is 0 Å². The molecule has 0 fully saturated rings. The van der Waals surface area contributed by atoms with Crippen molar-refractivity contribution in [3.05, 3.63) is 0 Å². The van der Waals surface area contributed by atoms with E-state index in [9.17, 15) is 19.8 Å². The van der Waals surface area contributed by atoms with Crippen LogP contribution in [-0.4, -0.2) is 185 Å². The van der Waals surface area contributed by atoms with Crippen molar-refractivity contribution in [2.45, 2.75) is 61.0 Å². The normalized spacial score (nSPS) is 20.8. The number of carboxylic acid groups (broad SMARTS) is 2. The minimum absolute atomic E-state index is 0. The quantitative estimate of drug-likeness (QED) is 0.113. The van der Waals surface area contributed by atoms with Crippen LogP contribution in [0.3, 0.4) is 0 Å². The number of carboxylic acids is 2. The first-order valence-corrected chi connectivity index (χ1v) is 8.09. The summed E-state index contributed by atoms with van der Waals surface area (Å²) < 4.78 is 0. The van der Waals surface area contributed by atoms with Crippen LogP contribution in [0.2, 0.25) is 0 Å². The Kier molecular flexibility index (Phi) is 19.6. The fourth-order valence-corrected chi connectivity index (χ4v) is 1.73. The van der Waals surface area contributed by atoms with Gasteiger partial charge in [0.2, 0.25) is 0 Å². The molecule has 0 saturated carbocycles. The molecular weight excluding hydrogens is 464 g/mol. The molecule has 0 aliphatic rings. The molecule has 17 heteroatoms. The van der Waals surface area contributed by atoms with Crippen molar-refractivity contribution in [1.29, 1.82) is 0 Å². The molecule has 10 atom stereocenters. The van der Waals surface area contributed by atoms with Crippen LogP contribution in [0, 0.1) is 0 Å². The van der Waals surface area contributed by atoms with E-state index in [1.807, 2.05) is 0 Å². The van der Waals surface area contributed by atoms with Crippen LogP contribution in [0.4, 0.5) is 0 Å². The van der Waals surface area contributed by atoms with Gasteiger partial charge in [0, 0.05) is 0 Å². The standard InChI is InChI=1S/2C7H14O8.Ca/c2*8-1-2(9)3(10)4(11)5(12)6(13)7(14)15;/h2*2-6,8-13H,1H2,(H,14,15);/q;;+2/p-2/t2*2-,3-,4+,5-,6+;/m00./s1. The predicted molar refractivity (Wildman–Crippen MR) is 90.0 cm³/mol. The van der Waals surface area contributed by atoms with Crippen LogP contribution in [0.15, 0.2) is 0 Å². The number of rotatable bonds is 12. The maximum atomic E-state index is 10.1. The van der Waals surface area contributed by atoms with Crippen LogP contribution in [0.5, 0.6) is 0 Å². The molecule has 0 radical (unpaired) electrons. The van der Waals surface area contributed by atoms with Crippen molar-refractivity contribution in [2.75, 3.05) is 13.2 Å². The summed E-state index contributed by atoms with van der Waals surface area (Å²) in [6, 6.07) is 0. The molecule has 0 spiro atoms. The Labute approximate surface area is 204 Å². The molecule has 0 aromatic carbocycles. The SMILES string of the molecule is O=C([O-])[C@H](O)[C@@H](O)[C@H](O)[C@@H](O)[C@@H](O)CO.O=C([O-])[C@H](O)[C@@H](O)[C@H](O)[C@@H](O)[C@@H](O)CO.[Ca+2]. The molecule has 0 amide bonds. The van der Waals surface area contributed by atoms with E-state index in [0.717, 1.165) is 0 Å². The fourth-order valence-electron chi connectivity index (χ4n) is 1.73. The number of hydrogen-bond acceptors (Lipinski definition) is 16. The van der Waals surface area contributed by atoms with Crippen molar-refractivity contribution in [1.82, 2.24) is 0 Å². The van der Waals surface area contributed by atoms with Crippen LogP contribution in [-0.2, 0) is 9.59 Å². The van der Waals surface area contributed by atoms with Crippen LogP contribution < -0.4 is 10.2 Å². The van der Waals surface area contributed by atoms with Gasteiger partial charge in [-0.1, -0.05) is 0 Å². The van der Waals surface area contributed by atoms with Crippen molar-refractivity contribution in [3.63, 3.8) is 0 Å². The maximum Gasteiger partial charge on any atom is 2.00 e. The zero-order valence-electron chi connectivity index (χ0n) is 15.9. The maximum absolute atomic E-state index is 10.1. The first-order valence-electron chi connectivity index (χ1n) is 8.09. The Hall–Kier alpha value is -0.280. The summed E-state index contributed by atoms with van der Waals surface area (Å²) in [6.45, 7) is -1.79. The molecule has 0 bridgehead atoms. The van der Waals surface area contributed by atoms with E-state index in [1.54, 1.807) is 0 Å². The molecule has 0 unspecified atom stereocenters. The van der Waals surface area contributed by atoms with E-state index < -0.39 is 86.2 Å². The van der Waals surface area contributed by atoms with Crippen molar-refractivity contribution < 1.29 is 81.1 Å². The third-order valence-corrected chi connectivity index (χ3v) is 3.69. The smallest absolute Gasteiger partial charge is 0.547 e. The van der Waals surface area contributed by atoms with Gasteiger partial charge in [-0.3, -0.25) is 0 Å². The summed E-state index contributed by atoms with van der Waals surface area (Å²) in [7, 11) is 0. The molecule has 180 valence electrons. The van der Waals surface area contributed by atoms with Gasteiger partial charge in [-0.2, -0.15) is 0 Å². The number of carbonyl (C=O) groups excluding carboxylic acids is 2. The molecule has 31 heavy (non-hydrogen) atoms. The second kappa shape index (κ2) is 17.2. The zero-order valence-corrected chi connectivity index (χ0v) is 18.1. The van der Waals surface area contributed by atoms with E-state index in [1.165, 1.54) is 0 Å². The third kappa shape index (κ3) is 11.9. The zero-order chi connectivity index (χ0) is 24.3. The minimum atomic E-state index is -2.40. The van der Waals surface area contributed by atoms with E-state index in [2.05, 4.69) is 0 Å². The van der Waals surface area contributed by atoms with Gasteiger partial charge in [-0.05, 0) is 0 Å². The third-order valence-electron chi connectivity index (χ3n) is 3.69. The number of hydrogen-bond donors (Lipinski definition) is 12. The average Bonchev–Trinajstić information content (AvgIpc) is 2.73. The summed E-state index contributed by atoms with van der Waals surface area (Å²) in [6.07, 6.45) is -21.0. The molecule has 0 saturated heterocycles. The molecule has 0 aliphatic carbocycles. The fraction of sp³-hybridized carbons (Fsp3) is 0.857. The average molecular weight is 490 g/mol. The predicted octanol–water partition coefficient (Wildman–Crippen LogP) is -11.3. The molecule has 0 aromatic heterocycles. The summed E-state index contributed by atoms with van der Waals surface area (Å²) in [5.41, 5.74) is 0. The molecular formula is C14H26CaO16. The molecule has 12 N–H and O–H groups in total. The molecule has 0 rings (SSSR count). The molecule has 16 nitrogen and oxygen atoms in total. The number of carbonyl (C=O) groups is 2. The van der Waals surface area contributed by atoms with Crippen LogP contribution in [0.25, 0.3) is 0 Å². The van der Waals surface area contributed by atoms with E-state index in [4.69, 9.17) is 61.3 Å². The summed E-state index contributed by atoms with van der Waals surface area (Å²) in [5.74, 6) is -4.07. The van der Waals surface area contributed by atoms with Gasteiger partial charge in [0.05, 0.1) is 25.2 Å². The topological polar surface area (TPSA) is 323 Å². The second-order valence-electron chi connectivity index (χ2n) is 5.97. The second-order valence-corrected chi connectivity index (χ2v) is 5.97. The molecule has 0 aliphatic heterocycles. The number of aliphatic hydroxyl groups excluding tert-OH is 12. The Morgan fingerprint density at radius 3 is 0.903 bits per heavy atom. The Bertz CT molecular complexity index is 465. The first kappa shape index (κ1) is 35.3. The number of aliphatic hydroxyl groups is 12. The van der Waals surface area contributed by atoms with E-state index in [-0.39, 0.29) is 37.7 Å². The van der Waals surface area contributed by atoms with Gasteiger partial charge in [0.25, 0.3) is 0 Å². The first-order chi connectivity index (χ1) is 13.6. The summed E-state index contributed by atoms with van der Waals surface area (Å²) in [4.78, 5) is 20.2. The van der Waals surface area contributed by atoms with Gasteiger partial charge >= 0.3 is 37.7 Å². The van der Waals surface area contributed by atoms with Crippen molar-refractivity contribution >= 4 is 49.7 Å². The molecule has 0 heterocycles. The van der Waals surface area contributed by atoms with Crippen molar-refractivity contribution in [3.8, 4) is 0 Å². The Morgan fingerprint density at radius 2 is 0.742 bits per heavy atom. The summed E-state index contributed by atoms with van der Waals surface area (Å²) in [5, 5.41) is 126. The Morgan fingerprint density at radius 1 is 0.516 bits per heavy atom. The summed E-state index contributed by atoms with van der Waals surface area (Å²) >= 11 is 0. The van der Waals surface area contributed by atoms with E-state index >= 15 is 0 Å². The van der Waals surface area contributed by atoms with Crippen LogP contribution in [0.1, 0.15) is 0 Å². The monoisotopic (exact) mass is 490 g/mol.